The minimum atomic E-state index is 0.608. The molecular formula is C18H26N2. The Labute approximate surface area is 122 Å². The standard InChI is InChI=1S/C18H26N2/c1-13(20-12-14-3-2-4-19-11-14)18-8-15-5-16(9-18)7-17(6-15)10-18/h2-4,11,13,15-17,20H,5-10,12H2,1H3/t13-,15?,16?,17?,18?/m1/s1. The molecule has 2 heteroatoms. The van der Waals surface area contributed by atoms with Crippen molar-refractivity contribution in [2.75, 3.05) is 0 Å². The summed E-state index contributed by atoms with van der Waals surface area (Å²) in [7, 11) is 0. The van der Waals surface area contributed by atoms with Crippen LogP contribution < -0.4 is 5.32 Å². The van der Waals surface area contributed by atoms with E-state index in [-0.39, 0.29) is 0 Å². The Morgan fingerprint density at radius 1 is 1.20 bits per heavy atom. The van der Waals surface area contributed by atoms with Crippen molar-refractivity contribution < 1.29 is 0 Å². The van der Waals surface area contributed by atoms with E-state index in [0.29, 0.717) is 11.5 Å². The molecule has 1 atom stereocenters. The SMILES string of the molecule is C[C@@H](NCc1cccnc1)C12CC3CC(CC(C3)C1)C2. The largest absolute Gasteiger partial charge is 0.310 e. The highest BCUT2D eigenvalue weighted by atomic mass is 14.9. The molecule has 4 aliphatic carbocycles. The topological polar surface area (TPSA) is 24.9 Å². The minimum Gasteiger partial charge on any atom is -0.310 e. The van der Waals surface area contributed by atoms with Gasteiger partial charge in [-0.05, 0) is 80.2 Å². The minimum absolute atomic E-state index is 0.608. The van der Waals surface area contributed by atoms with Crippen molar-refractivity contribution in [1.29, 1.82) is 0 Å². The molecule has 0 unspecified atom stereocenters. The lowest BCUT2D eigenvalue weighted by Crippen LogP contribution is -2.54. The first-order chi connectivity index (χ1) is 9.73. The van der Waals surface area contributed by atoms with Gasteiger partial charge in [0.2, 0.25) is 0 Å². The van der Waals surface area contributed by atoms with Crippen LogP contribution in [-0.2, 0) is 6.54 Å². The highest BCUT2D eigenvalue weighted by Crippen LogP contribution is 2.61. The summed E-state index contributed by atoms with van der Waals surface area (Å²) in [5, 5.41) is 3.82. The molecule has 5 rings (SSSR count). The van der Waals surface area contributed by atoms with E-state index >= 15 is 0 Å². The van der Waals surface area contributed by atoms with Crippen molar-refractivity contribution in [3.05, 3.63) is 30.1 Å². The van der Waals surface area contributed by atoms with Crippen molar-refractivity contribution >= 4 is 0 Å². The molecule has 4 bridgehead atoms. The molecule has 1 N–H and O–H groups in total. The summed E-state index contributed by atoms with van der Waals surface area (Å²) in [4.78, 5) is 4.21. The third kappa shape index (κ3) is 2.18. The summed E-state index contributed by atoms with van der Waals surface area (Å²) in [6, 6.07) is 4.86. The van der Waals surface area contributed by atoms with Gasteiger partial charge in [-0.2, -0.15) is 0 Å². The summed E-state index contributed by atoms with van der Waals surface area (Å²) in [5.41, 5.74) is 1.92. The molecule has 4 aliphatic rings. The smallest absolute Gasteiger partial charge is 0.0312 e. The van der Waals surface area contributed by atoms with Crippen molar-refractivity contribution in [2.45, 2.75) is 58.0 Å². The molecule has 0 amide bonds. The molecule has 20 heavy (non-hydrogen) atoms. The van der Waals surface area contributed by atoms with E-state index in [2.05, 4.69) is 23.3 Å². The van der Waals surface area contributed by atoms with Crippen LogP contribution >= 0.6 is 0 Å². The molecule has 0 aromatic carbocycles. The number of aromatic nitrogens is 1. The van der Waals surface area contributed by atoms with Gasteiger partial charge in [0.15, 0.2) is 0 Å². The molecule has 4 fully saturated rings. The number of rotatable bonds is 4. The molecule has 0 aliphatic heterocycles. The summed E-state index contributed by atoms with van der Waals surface area (Å²) >= 11 is 0. The van der Waals surface area contributed by atoms with Crippen LogP contribution in [0.15, 0.2) is 24.5 Å². The molecule has 2 nitrogen and oxygen atoms in total. The van der Waals surface area contributed by atoms with Crippen LogP contribution in [0.2, 0.25) is 0 Å². The maximum absolute atomic E-state index is 4.21. The molecule has 0 radical (unpaired) electrons. The second kappa shape index (κ2) is 4.84. The van der Waals surface area contributed by atoms with Crippen LogP contribution in [0.5, 0.6) is 0 Å². The summed E-state index contributed by atoms with van der Waals surface area (Å²) in [5.74, 6) is 3.14. The average molecular weight is 270 g/mol. The van der Waals surface area contributed by atoms with Crippen molar-refractivity contribution in [3.63, 3.8) is 0 Å². The molecule has 4 saturated carbocycles. The van der Waals surface area contributed by atoms with Crippen LogP contribution in [0, 0.1) is 23.2 Å². The monoisotopic (exact) mass is 270 g/mol. The van der Waals surface area contributed by atoms with E-state index in [0.717, 1.165) is 24.3 Å². The van der Waals surface area contributed by atoms with Gasteiger partial charge in [-0.3, -0.25) is 4.98 Å². The maximum Gasteiger partial charge on any atom is 0.0312 e. The van der Waals surface area contributed by atoms with E-state index in [9.17, 15) is 0 Å². The van der Waals surface area contributed by atoms with Crippen LogP contribution in [-0.4, -0.2) is 11.0 Å². The van der Waals surface area contributed by atoms with Crippen molar-refractivity contribution in [2.24, 2.45) is 23.2 Å². The summed E-state index contributed by atoms with van der Waals surface area (Å²) in [6.45, 7) is 3.40. The highest BCUT2D eigenvalue weighted by Gasteiger charge is 2.52. The van der Waals surface area contributed by atoms with Crippen molar-refractivity contribution in [1.82, 2.24) is 10.3 Å². The predicted molar refractivity (Wildman–Crippen MR) is 81.1 cm³/mol. The summed E-state index contributed by atoms with van der Waals surface area (Å²) < 4.78 is 0. The van der Waals surface area contributed by atoms with Crippen LogP contribution in [0.3, 0.4) is 0 Å². The zero-order valence-electron chi connectivity index (χ0n) is 12.5. The predicted octanol–water partition coefficient (Wildman–Crippen LogP) is 3.78. The zero-order chi connectivity index (χ0) is 13.6. The Balaban J connectivity index is 1.44. The molecule has 0 spiro atoms. The van der Waals surface area contributed by atoms with E-state index < -0.39 is 0 Å². The fourth-order valence-electron chi connectivity index (χ4n) is 5.70. The van der Waals surface area contributed by atoms with Gasteiger partial charge in [-0.1, -0.05) is 6.07 Å². The molecule has 1 aromatic heterocycles. The van der Waals surface area contributed by atoms with Gasteiger partial charge in [0.25, 0.3) is 0 Å². The number of nitrogens with zero attached hydrogens (tertiary/aromatic N) is 1. The Morgan fingerprint density at radius 3 is 2.40 bits per heavy atom. The summed E-state index contributed by atoms with van der Waals surface area (Å²) in [6.07, 6.45) is 12.9. The Morgan fingerprint density at radius 2 is 1.85 bits per heavy atom. The second-order valence-corrected chi connectivity index (χ2v) is 7.74. The molecule has 1 aromatic rings. The van der Waals surface area contributed by atoms with E-state index in [4.69, 9.17) is 0 Å². The first-order valence-corrected chi connectivity index (χ1v) is 8.36. The molecule has 0 saturated heterocycles. The van der Waals surface area contributed by atoms with Crippen LogP contribution in [0.1, 0.15) is 51.0 Å². The molecular weight excluding hydrogens is 244 g/mol. The van der Waals surface area contributed by atoms with Gasteiger partial charge in [0.05, 0.1) is 0 Å². The lowest BCUT2D eigenvalue weighted by Gasteiger charge is -2.59. The Bertz CT molecular complexity index is 432. The first-order valence-electron chi connectivity index (χ1n) is 8.36. The third-order valence-corrected chi connectivity index (χ3v) is 6.34. The third-order valence-electron chi connectivity index (χ3n) is 6.34. The van der Waals surface area contributed by atoms with Gasteiger partial charge < -0.3 is 5.32 Å². The molecule has 1 heterocycles. The van der Waals surface area contributed by atoms with Crippen LogP contribution in [0.4, 0.5) is 0 Å². The number of pyridine rings is 1. The van der Waals surface area contributed by atoms with Gasteiger partial charge in [0, 0.05) is 25.0 Å². The zero-order valence-corrected chi connectivity index (χ0v) is 12.5. The Hall–Kier alpha value is -0.890. The number of hydrogen-bond donors (Lipinski definition) is 1. The number of nitrogens with one attached hydrogen (secondary N) is 1. The average Bonchev–Trinajstić information content (AvgIpc) is 2.44. The van der Waals surface area contributed by atoms with Crippen molar-refractivity contribution in [3.8, 4) is 0 Å². The van der Waals surface area contributed by atoms with E-state index in [1.165, 1.54) is 44.1 Å². The van der Waals surface area contributed by atoms with E-state index in [1.54, 1.807) is 0 Å². The quantitative estimate of drug-likeness (QED) is 0.900. The fraction of sp³-hybridized carbons (Fsp3) is 0.722. The maximum atomic E-state index is 4.21. The first kappa shape index (κ1) is 12.8. The van der Waals surface area contributed by atoms with Gasteiger partial charge in [-0.25, -0.2) is 0 Å². The molecule has 108 valence electrons. The normalized spacial score (nSPS) is 40.0. The fourth-order valence-corrected chi connectivity index (χ4v) is 5.70. The van der Waals surface area contributed by atoms with Gasteiger partial charge >= 0.3 is 0 Å². The highest BCUT2D eigenvalue weighted by molar-refractivity contribution is 5.10. The number of hydrogen-bond acceptors (Lipinski definition) is 2. The lowest BCUT2D eigenvalue weighted by atomic mass is 9.48. The van der Waals surface area contributed by atoms with E-state index in [1.807, 2.05) is 18.5 Å². The van der Waals surface area contributed by atoms with Gasteiger partial charge in [0.1, 0.15) is 0 Å². The lowest BCUT2D eigenvalue weighted by molar-refractivity contribution is -0.0706. The van der Waals surface area contributed by atoms with Gasteiger partial charge in [-0.15, -0.1) is 0 Å². The second-order valence-electron chi connectivity index (χ2n) is 7.74. The Kier molecular flexibility index (Phi) is 3.10. The van der Waals surface area contributed by atoms with Crippen LogP contribution in [0.25, 0.3) is 0 Å².